The van der Waals surface area contributed by atoms with Crippen LogP contribution in [-0.4, -0.2) is 63.2 Å². The van der Waals surface area contributed by atoms with Gasteiger partial charge in [-0.15, -0.1) is 0 Å². The number of benzene rings is 3. The van der Waals surface area contributed by atoms with Gasteiger partial charge in [0.05, 0.1) is 39.6 Å². The molecule has 1 atom stereocenters. The molecular weight excluding hydrogens is 652 g/mol. The second-order valence-corrected chi connectivity index (χ2v) is 13.5. The average molecular weight is 713 g/mol. The molecule has 9 heteroatoms. The second-order valence-electron chi connectivity index (χ2n) is 13.5. The number of morpholine rings is 1. The number of allylic oxidation sites excluding steroid dienone is 3. The van der Waals surface area contributed by atoms with Gasteiger partial charge in [-0.3, -0.25) is 0 Å². The lowest BCUT2D eigenvalue weighted by Gasteiger charge is -2.44. The summed E-state index contributed by atoms with van der Waals surface area (Å²) in [5, 5.41) is 22.1. The summed E-state index contributed by atoms with van der Waals surface area (Å²) in [7, 11) is 2.93. The number of nitrogens with zero attached hydrogens (tertiary/aromatic N) is 1. The van der Waals surface area contributed by atoms with E-state index in [1.807, 2.05) is 44.2 Å². The van der Waals surface area contributed by atoms with E-state index < -0.39 is 11.7 Å². The molecule has 4 rings (SSSR count). The smallest absolute Gasteiger partial charge is 0.407 e. The molecule has 0 bridgehead atoms. The fourth-order valence-corrected chi connectivity index (χ4v) is 5.99. The highest BCUT2D eigenvalue weighted by Crippen LogP contribution is 2.38. The van der Waals surface area contributed by atoms with Gasteiger partial charge in [0, 0.05) is 41.9 Å². The zero-order chi connectivity index (χ0) is 38.3. The molecule has 1 unspecified atom stereocenters. The second kappa shape index (κ2) is 19.8. The van der Waals surface area contributed by atoms with Gasteiger partial charge in [0.25, 0.3) is 0 Å². The Morgan fingerprint density at radius 1 is 1.02 bits per heavy atom. The molecule has 4 N–H and O–H groups in total. The van der Waals surface area contributed by atoms with Crippen LogP contribution in [0.1, 0.15) is 72.4 Å². The van der Waals surface area contributed by atoms with Crippen molar-refractivity contribution in [3.63, 3.8) is 0 Å². The Balaban J connectivity index is 0.00000358. The number of aliphatic hydroxyl groups is 1. The third-order valence-electron chi connectivity index (χ3n) is 9.23. The van der Waals surface area contributed by atoms with Crippen LogP contribution in [0.15, 0.2) is 108 Å². The van der Waals surface area contributed by atoms with E-state index in [9.17, 15) is 9.90 Å². The first kappa shape index (κ1) is 41.7. The number of hydrogen-bond donors (Lipinski definition) is 4. The highest BCUT2D eigenvalue weighted by atomic mass is 16.5. The number of aliphatic hydroxyl groups excluding tert-OH is 1. The summed E-state index contributed by atoms with van der Waals surface area (Å²) in [4.78, 5) is 14.2. The molecule has 0 saturated carbocycles. The van der Waals surface area contributed by atoms with Gasteiger partial charge in [-0.2, -0.15) is 0 Å². The number of carbonyl (C=O) groups is 1. The van der Waals surface area contributed by atoms with Gasteiger partial charge in [-0.25, -0.2) is 4.79 Å². The lowest BCUT2D eigenvalue weighted by molar-refractivity contribution is -0.111. The molecule has 9 nitrogen and oxygen atoms in total. The van der Waals surface area contributed by atoms with E-state index in [2.05, 4.69) is 111 Å². The first-order valence-electron chi connectivity index (χ1n) is 18.2. The van der Waals surface area contributed by atoms with Crippen molar-refractivity contribution in [1.82, 2.24) is 15.5 Å². The van der Waals surface area contributed by atoms with E-state index >= 15 is 0 Å². The van der Waals surface area contributed by atoms with Crippen LogP contribution in [0.25, 0.3) is 16.5 Å². The largest absolute Gasteiger partial charge is 0.497 e. The SMILES string of the molecule is C=C(c1ccc(NC(=CCC)NC(/C=C(\C)C(C)(C)C)=C(/CNC(=O)OC)OC)c2ccccc12)N1CCOC(CCO)(c2ccccc2)C1.CC. The average Bonchev–Trinajstić information content (AvgIpc) is 3.15. The van der Waals surface area contributed by atoms with Crippen LogP contribution < -0.4 is 16.0 Å². The Hall–Kier alpha value is -4.73. The van der Waals surface area contributed by atoms with Crippen molar-refractivity contribution in [2.24, 2.45) is 5.41 Å². The van der Waals surface area contributed by atoms with E-state index in [4.69, 9.17) is 14.2 Å². The standard InChI is InChI=1S/C41H54N4O5.C2H6/c1-9-15-38(44-36(26-29(2)40(4,5)6)37(48-7)27-42-39(47)49-8)43-35-21-20-32(33-18-13-14-19-34(33)35)30(3)45-23-25-50-41(28-45,22-24-46)31-16-11-10-12-17-31;1-2/h10-21,26,43-44,46H,3,9,22-25,27-28H2,1-2,4-8H3,(H,42,47);1-2H3/b29-26+,37-36-,38-15?;. The lowest BCUT2D eigenvalue weighted by Crippen LogP contribution is -2.49. The molecule has 1 aliphatic rings. The molecular formula is C43H60N4O5. The Kier molecular flexibility index (Phi) is 15.8. The number of anilines is 1. The first-order chi connectivity index (χ1) is 25.0. The minimum Gasteiger partial charge on any atom is -0.497 e. The predicted octanol–water partition coefficient (Wildman–Crippen LogP) is 8.91. The third-order valence-corrected chi connectivity index (χ3v) is 9.23. The minimum atomic E-state index is -0.627. The molecule has 0 aromatic heterocycles. The maximum absolute atomic E-state index is 11.9. The number of ether oxygens (including phenoxy) is 3. The molecule has 1 saturated heterocycles. The number of fused-ring (bicyclic) bond motifs is 1. The number of amides is 1. The summed E-state index contributed by atoms with van der Waals surface area (Å²) in [5.74, 6) is 1.33. The van der Waals surface area contributed by atoms with E-state index in [1.54, 1.807) is 7.11 Å². The number of hydrogen-bond acceptors (Lipinski definition) is 8. The fourth-order valence-electron chi connectivity index (χ4n) is 5.99. The summed E-state index contributed by atoms with van der Waals surface area (Å²) in [6.07, 6.45) is 4.87. The molecule has 3 aromatic carbocycles. The lowest BCUT2D eigenvalue weighted by atomic mass is 9.87. The number of rotatable bonds is 14. The van der Waals surface area contributed by atoms with Gasteiger partial charge in [0.15, 0.2) is 0 Å². The maximum atomic E-state index is 11.9. The molecule has 1 amide bonds. The Morgan fingerprint density at radius 3 is 2.31 bits per heavy atom. The number of carbonyl (C=O) groups excluding carboxylic acids is 1. The van der Waals surface area contributed by atoms with Crippen molar-refractivity contribution in [1.29, 1.82) is 0 Å². The van der Waals surface area contributed by atoms with Crippen molar-refractivity contribution in [3.05, 3.63) is 119 Å². The molecule has 0 aliphatic carbocycles. The van der Waals surface area contributed by atoms with Gasteiger partial charge in [-0.1, -0.05) is 114 Å². The minimum absolute atomic E-state index is 0.0241. The van der Waals surface area contributed by atoms with Gasteiger partial charge in [0.2, 0.25) is 0 Å². The Morgan fingerprint density at radius 2 is 1.69 bits per heavy atom. The van der Waals surface area contributed by atoms with Crippen LogP contribution in [0, 0.1) is 5.41 Å². The van der Waals surface area contributed by atoms with E-state index in [1.165, 1.54) is 7.11 Å². The molecule has 3 aromatic rings. The van der Waals surface area contributed by atoms with Crippen LogP contribution in [-0.2, 0) is 19.8 Å². The highest BCUT2D eigenvalue weighted by Gasteiger charge is 2.38. The van der Waals surface area contributed by atoms with Gasteiger partial charge >= 0.3 is 6.09 Å². The maximum Gasteiger partial charge on any atom is 0.407 e. The van der Waals surface area contributed by atoms with Crippen molar-refractivity contribution >= 4 is 28.3 Å². The summed E-state index contributed by atoms with van der Waals surface area (Å²) in [6, 6.07) is 22.7. The van der Waals surface area contributed by atoms with Crippen molar-refractivity contribution in [2.75, 3.05) is 52.4 Å². The van der Waals surface area contributed by atoms with Crippen LogP contribution in [0.4, 0.5) is 10.5 Å². The van der Waals surface area contributed by atoms with Crippen LogP contribution in [0.2, 0.25) is 0 Å². The number of alkyl carbamates (subject to hydrolysis) is 1. The molecule has 1 heterocycles. The Bertz CT molecular complexity index is 1720. The van der Waals surface area contributed by atoms with Crippen LogP contribution in [0.3, 0.4) is 0 Å². The number of nitrogens with one attached hydrogen (secondary N) is 3. The molecule has 1 aliphatic heterocycles. The van der Waals surface area contributed by atoms with Crippen LogP contribution >= 0.6 is 0 Å². The summed E-state index contributed by atoms with van der Waals surface area (Å²) in [6.45, 7) is 21.2. The highest BCUT2D eigenvalue weighted by molar-refractivity contribution is 6.01. The first-order valence-corrected chi connectivity index (χ1v) is 18.2. The monoisotopic (exact) mass is 712 g/mol. The Labute approximate surface area is 311 Å². The van der Waals surface area contributed by atoms with Crippen LogP contribution in [0.5, 0.6) is 0 Å². The third kappa shape index (κ3) is 10.7. The van der Waals surface area contributed by atoms with E-state index in [0.29, 0.717) is 31.9 Å². The van der Waals surface area contributed by atoms with Crippen molar-refractivity contribution in [2.45, 2.75) is 66.9 Å². The summed E-state index contributed by atoms with van der Waals surface area (Å²) >= 11 is 0. The topological polar surface area (TPSA) is 104 Å². The predicted molar refractivity (Wildman–Crippen MR) is 214 cm³/mol. The van der Waals surface area contributed by atoms with Gasteiger partial charge in [0.1, 0.15) is 17.2 Å². The van der Waals surface area contributed by atoms with Gasteiger partial charge < -0.3 is 40.2 Å². The summed E-state index contributed by atoms with van der Waals surface area (Å²) < 4.78 is 17.0. The molecule has 0 spiro atoms. The molecule has 0 radical (unpaired) electrons. The van der Waals surface area contributed by atoms with Crippen molar-refractivity contribution < 1.29 is 24.1 Å². The normalized spacial score (nSPS) is 17.0. The zero-order valence-corrected chi connectivity index (χ0v) is 32.7. The fraction of sp³-hybridized carbons (Fsp3) is 0.419. The number of methoxy groups -OCH3 is 2. The summed E-state index contributed by atoms with van der Waals surface area (Å²) in [5.41, 5.74) is 5.06. The molecule has 282 valence electrons. The van der Waals surface area contributed by atoms with E-state index in [-0.39, 0.29) is 18.6 Å². The molecule has 52 heavy (non-hydrogen) atoms. The van der Waals surface area contributed by atoms with E-state index in [0.717, 1.165) is 56.8 Å². The van der Waals surface area contributed by atoms with Crippen molar-refractivity contribution in [3.8, 4) is 0 Å². The zero-order valence-electron chi connectivity index (χ0n) is 32.7. The quantitative estimate of drug-likeness (QED) is 0.0971. The molecule has 1 fully saturated rings. The van der Waals surface area contributed by atoms with Gasteiger partial charge in [-0.05, 0) is 47.9 Å².